The van der Waals surface area contributed by atoms with Gasteiger partial charge in [0.15, 0.2) is 5.96 Å². The van der Waals surface area contributed by atoms with E-state index in [0.29, 0.717) is 25.6 Å². The van der Waals surface area contributed by atoms with Crippen LogP contribution in [0.25, 0.3) is 0 Å². The molecule has 0 bridgehead atoms. The van der Waals surface area contributed by atoms with Crippen LogP contribution in [0.3, 0.4) is 0 Å². The van der Waals surface area contributed by atoms with Gasteiger partial charge in [0.05, 0.1) is 6.54 Å². The van der Waals surface area contributed by atoms with E-state index in [1.54, 1.807) is 0 Å². The summed E-state index contributed by atoms with van der Waals surface area (Å²) in [6.07, 6.45) is 5.17. The second-order valence-electron chi connectivity index (χ2n) is 7.50. The lowest BCUT2D eigenvalue weighted by atomic mass is 9.85. The lowest BCUT2D eigenvalue weighted by Crippen LogP contribution is -2.41. The van der Waals surface area contributed by atoms with E-state index in [1.165, 1.54) is 0 Å². The number of halogens is 1. The Morgan fingerprint density at radius 1 is 1.00 bits per heavy atom. The van der Waals surface area contributed by atoms with Crippen LogP contribution < -0.4 is 21.3 Å². The number of rotatable bonds is 9. The molecular weight excluding hydrogens is 481 g/mol. The zero-order chi connectivity index (χ0) is 19.8. The van der Waals surface area contributed by atoms with E-state index in [9.17, 15) is 9.59 Å². The smallest absolute Gasteiger partial charge is 0.227 e. The van der Waals surface area contributed by atoms with Crippen LogP contribution in [0.1, 0.15) is 44.6 Å². The number of guanidine groups is 1. The fraction of sp³-hybridized carbons (Fsp3) is 0.571. The van der Waals surface area contributed by atoms with Crippen molar-refractivity contribution in [3.8, 4) is 0 Å². The van der Waals surface area contributed by atoms with Crippen molar-refractivity contribution in [3.63, 3.8) is 0 Å². The van der Waals surface area contributed by atoms with Crippen LogP contribution in [-0.2, 0) is 16.1 Å². The first kappa shape index (κ1) is 23.4. The molecule has 160 valence electrons. The van der Waals surface area contributed by atoms with Gasteiger partial charge in [0.2, 0.25) is 11.8 Å². The summed E-state index contributed by atoms with van der Waals surface area (Å²) in [6, 6.07) is 7.83. The van der Waals surface area contributed by atoms with Gasteiger partial charge in [-0.3, -0.25) is 9.59 Å². The average molecular weight is 513 g/mol. The molecule has 0 aliphatic heterocycles. The second-order valence-corrected chi connectivity index (χ2v) is 7.50. The number of nitrogens with zero attached hydrogens (tertiary/aromatic N) is 1. The van der Waals surface area contributed by atoms with Crippen molar-refractivity contribution in [2.75, 3.05) is 25.0 Å². The molecular formula is C21H32IN5O2. The molecule has 2 fully saturated rings. The summed E-state index contributed by atoms with van der Waals surface area (Å²) in [4.78, 5) is 28.4. The quantitative estimate of drug-likeness (QED) is 0.177. The van der Waals surface area contributed by atoms with E-state index in [2.05, 4.69) is 26.3 Å². The highest BCUT2D eigenvalue weighted by Crippen LogP contribution is 2.28. The summed E-state index contributed by atoms with van der Waals surface area (Å²) < 4.78 is 0. The Balaban J connectivity index is 0.00000300. The van der Waals surface area contributed by atoms with Gasteiger partial charge in [-0.2, -0.15) is 0 Å². The van der Waals surface area contributed by atoms with Crippen LogP contribution in [0.2, 0.25) is 0 Å². The van der Waals surface area contributed by atoms with Crippen LogP contribution in [-0.4, -0.2) is 37.4 Å². The predicted octanol–water partition coefficient (Wildman–Crippen LogP) is 2.62. The summed E-state index contributed by atoms with van der Waals surface area (Å²) in [6.45, 7) is 4.50. The van der Waals surface area contributed by atoms with Gasteiger partial charge in [-0.25, -0.2) is 4.99 Å². The minimum atomic E-state index is 0. The molecule has 1 aromatic carbocycles. The Bertz CT molecular complexity index is 717. The molecule has 1 aromatic rings. The van der Waals surface area contributed by atoms with Crippen molar-refractivity contribution in [1.82, 2.24) is 16.0 Å². The maximum absolute atomic E-state index is 12.1. The Morgan fingerprint density at radius 2 is 1.72 bits per heavy atom. The van der Waals surface area contributed by atoms with Gasteiger partial charge >= 0.3 is 0 Å². The molecule has 2 aliphatic rings. The Hall–Kier alpha value is -1.84. The topological polar surface area (TPSA) is 94.6 Å². The SMILES string of the molecule is CCNC(=NCc1cccc(NC(=O)C2CCC2)c1)NCCNC(=O)C1CC1.I. The van der Waals surface area contributed by atoms with Gasteiger partial charge in [0.1, 0.15) is 0 Å². The summed E-state index contributed by atoms with van der Waals surface area (Å²) >= 11 is 0. The lowest BCUT2D eigenvalue weighted by molar-refractivity contribution is -0.122. The molecule has 4 N–H and O–H groups in total. The molecule has 2 aliphatic carbocycles. The first-order valence-electron chi connectivity index (χ1n) is 10.4. The predicted molar refractivity (Wildman–Crippen MR) is 126 cm³/mol. The molecule has 7 nitrogen and oxygen atoms in total. The normalized spacial score (nSPS) is 16.2. The van der Waals surface area contributed by atoms with E-state index in [0.717, 1.165) is 49.9 Å². The molecule has 0 unspecified atom stereocenters. The number of amides is 2. The first-order chi connectivity index (χ1) is 13.7. The van der Waals surface area contributed by atoms with Crippen LogP contribution in [0.4, 0.5) is 5.69 Å². The minimum absolute atomic E-state index is 0. The zero-order valence-electron chi connectivity index (χ0n) is 17.0. The maximum Gasteiger partial charge on any atom is 0.227 e. The molecule has 0 spiro atoms. The number of nitrogens with one attached hydrogen (secondary N) is 4. The van der Waals surface area contributed by atoms with Crippen molar-refractivity contribution < 1.29 is 9.59 Å². The maximum atomic E-state index is 12.1. The second kappa shape index (κ2) is 12.0. The first-order valence-corrected chi connectivity index (χ1v) is 10.4. The highest BCUT2D eigenvalue weighted by atomic mass is 127. The molecule has 0 radical (unpaired) electrons. The standard InChI is InChI=1S/C21H31N5O2.HI/c1-2-22-21(24-12-11-23-19(27)17-9-10-17)25-14-15-5-3-8-18(13-15)26-20(28)16-6-4-7-16;/h3,5,8,13,16-17H,2,4,6-7,9-12,14H2,1H3,(H,23,27)(H,26,28)(H2,22,24,25);1H. The average Bonchev–Trinajstić information content (AvgIpc) is 3.47. The molecule has 2 amide bonds. The number of carbonyl (C=O) groups excluding carboxylic acids is 2. The van der Waals surface area contributed by atoms with Crippen LogP contribution in [0, 0.1) is 11.8 Å². The minimum Gasteiger partial charge on any atom is -0.357 e. The zero-order valence-corrected chi connectivity index (χ0v) is 19.3. The third-order valence-electron chi connectivity index (χ3n) is 5.10. The van der Waals surface area contributed by atoms with E-state index in [4.69, 9.17) is 0 Å². The molecule has 3 rings (SSSR count). The fourth-order valence-corrected chi connectivity index (χ4v) is 3.03. The molecule has 0 saturated heterocycles. The number of benzene rings is 1. The van der Waals surface area contributed by atoms with Crippen LogP contribution in [0.15, 0.2) is 29.3 Å². The van der Waals surface area contributed by atoms with Crippen molar-refractivity contribution in [2.45, 2.75) is 45.6 Å². The highest BCUT2D eigenvalue weighted by molar-refractivity contribution is 14.0. The highest BCUT2D eigenvalue weighted by Gasteiger charge is 2.29. The third kappa shape index (κ3) is 7.83. The van der Waals surface area contributed by atoms with Crippen LogP contribution >= 0.6 is 24.0 Å². The number of anilines is 1. The fourth-order valence-electron chi connectivity index (χ4n) is 3.03. The molecule has 0 atom stereocenters. The Labute approximate surface area is 189 Å². The summed E-state index contributed by atoms with van der Waals surface area (Å²) in [5, 5.41) is 12.4. The van der Waals surface area contributed by atoms with Crippen LogP contribution in [0.5, 0.6) is 0 Å². The molecule has 2 saturated carbocycles. The van der Waals surface area contributed by atoms with Gasteiger partial charge in [-0.05, 0) is 50.3 Å². The number of carbonyl (C=O) groups is 2. The summed E-state index contributed by atoms with van der Waals surface area (Å²) in [5.41, 5.74) is 1.86. The van der Waals surface area contributed by atoms with Crippen molar-refractivity contribution in [2.24, 2.45) is 16.8 Å². The molecule has 0 heterocycles. The van der Waals surface area contributed by atoms with Gasteiger partial charge in [-0.15, -0.1) is 24.0 Å². The van der Waals surface area contributed by atoms with E-state index in [1.807, 2.05) is 31.2 Å². The number of aliphatic imine (C=N–C) groups is 1. The van der Waals surface area contributed by atoms with Crippen molar-refractivity contribution >= 4 is 47.4 Å². The van der Waals surface area contributed by atoms with Gasteiger partial charge in [0, 0.05) is 37.2 Å². The Morgan fingerprint density at radius 3 is 2.38 bits per heavy atom. The van der Waals surface area contributed by atoms with Gasteiger partial charge < -0.3 is 21.3 Å². The summed E-state index contributed by atoms with van der Waals surface area (Å²) in [5.74, 6) is 1.40. The Kier molecular flexibility index (Phi) is 9.69. The monoisotopic (exact) mass is 513 g/mol. The summed E-state index contributed by atoms with van der Waals surface area (Å²) in [7, 11) is 0. The molecule has 0 aromatic heterocycles. The number of hydrogen-bond acceptors (Lipinski definition) is 3. The van der Waals surface area contributed by atoms with E-state index < -0.39 is 0 Å². The third-order valence-corrected chi connectivity index (χ3v) is 5.10. The number of hydrogen-bond donors (Lipinski definition) is 4. The van der Waals surface area contributed by atoms with Crippen molar-refractivity contribution in [3.05, 3.63) is 29.8 Å². The van der Waals surface area contributed by atoms with Crippen molar-refractivity contribution in [1.29, 1.82) is 0 Å². The van der Waals surface area contributed by atoms with Gasteiger partial charge in [0.25, 0.3) is 0 Å². The molecule has 8 heteroatoms. The lowest BCUT2D eigenvalue weighted by Gasteiger charge is -2.24. The van der Waals surface area contributed by atoms with E-state index >= 15 is 0 Å². The molecule has 29 heavy (non-hydrogen) atoms. The largest absolute Gasteiger partial charge is 0.357 e. The van der Waals surface area contributed by atoms with E-state index in [-0.39, 0.29) is 47.6 Å². The van der Waals surface area contributed by atoms with Gasteiger partial charge in [-0.1, -0.05) is 18.6 Å².